The van der Waals surface area contributed by atoms with Gasteiger partial charge in [-0.1, -0.05) is 23.7 Å². The van der Waals surface area contributed by atoms with Gasteiger partial charge < -0.3 is 0 Å². The Morgan fingerprint density at radius 3 is 2.52 bits per heavy atom. The summed E-state index contributed by atoms with van der Waals surface area (Å²) in [6, 6.07) is 10.00. The zero-order chi connectivity index (χ0) is 18.0. The van der Waals surface area contributed by atoms with E-state index < -0.39 is 26.8 Å². The molecule has 0 aliphatic rings. The first-order chi connectivity index (χ1) is 11.9. The average molecular weight is 381 g/mol. The van der Waals surface area contributed by atoms with Gasteiger partial charge in [0.15, 0.2) is 0 Å². The Labute approximate surface area is 149 Å². The van der Waals surface area contributed by atoms with E-state index in [4.69, 9.17) is 11.6 Å². The molecule has 0 aliphatic carbocycles. The molecule has 9 heteroatoms. The lowest BCUT2D eigenvalue weighted by atomic mass is 10.1. The van der Waals surface area contributed by atoms with Crippen LogP contribution in [0, 0.1) is 5.82 Å². The summed E-state index contributed by atoms with van der Waals surface area (Å²) in [6.45, 7) is 1.68. The SMILES string of the molecule is C[C@@H](NS(=O)(=O)c1ccc(Cl)cc1F)c1ccc(-n2cncn2)cc1. The predicted molar refractivity (Wildman–Crippen MR) is 91.5 cm³/mol. The summed E-state index contributed by atoms with van der Waals surface area (Å²) in [5.41, 5.74) is 1.52. The monoisotopic (exact) mass is 380 g/mol. The van der Waals surface area contributed by atoms with Gasteiger partial charge in [0.1, 0.15) is 23.4 Å². The zero-order valence-corrected chi connectivity index (χ0v) is 14.7. The standard InChI is InChI=1S/C16H14ClFN4O2S/c1-11(12-2-5-14(6-3-12)22-10-19-9-20-22)21-25(23,24)16-7-4-13(17)8-15(16)18/h2-11,21H,1H3/t11-/m1/s1. The number of sulfonamides is 1. The Hall–Kier alpha value is -2.29. The highest BCUT2D eigenvalue weighted by Gasteiger charge is 2.22. The second-order valence-corrected chi connectivity index (χ2v) is 7.47. The molecule has 0 spiro atoms. The van der Waals surface area contributed by atoms with Crippen molar-refractivity contribution in [2.24, 2.45) is 0 Å². The van der Waals surface area contributed by atoms with Gasteiger partial charge in [0.25, 0.3) is 0 Å². The number of hydrogen-bond donors (Lipinski definition) is 1. The minimum Gasteiger partial charge on any atom is -0.223 e. The van der Waals surface area contributed by atoms with E-state index in [2.05, 4.69) is 14.8 Å². The van der Waals surface area contributed by atoms with E-state index in [1.54, 1.807) is 42.2 Å². The Bertz CT molecular complexity index is 976. The molecule has 0 saturated heterocycles. The van der Waals surface area contributed by atoms with Crippen molar-refractivity contribution in [2.75, 3.05) is 0 Å². The lowest BCUT2D eigenvalue weighted by Crippen LogP contribution is -2.27. The van der Waals surface area contributed by atoms with Crippen molar-refractivity contribution < 1.29 is 12.8 Å². The smallest absolute Gasteiger partial charge is 0.223 e. The van der Waals surface area contributed by atoms with Gasteiger partial charge in [-0.3, -0.25) is 0 Å². The van der Waals surface area contributed by atoms with Crippen LogP contribution in [0.4, 0.5) is 4.39 Å². The van der Waals surface area contributed by atoms with Crippen LogP contribution in [0.15, 0.2) is 60.0 Å². The lowest BCUT2D eigenvalue weighted by Gasteiger charge is -2.15. The molecule has 0 saturated carbocycles. The molecule has 3 aromatic rings. The summed E-state index contributed by atoms with van der Waals surface area (Å²) in [6.07, 6.45) is 2.98. The van der Waals surface area contributed by atoms with Crippen LogP contribution in [-0.2, 0) is 10.0 Å². The molecular weight excluding hydrogens is 367 g/mol. The zero-order valence-electron chi connectivity index (χ0n) is 13.1. The van der Waals surface area contributed by atoms with Crippen molar-refractivity contribution in [3.8, 4) is 5.69 Å². The third kappa shape index (κ3) is 3.87. The number of nitrogens with one attached hydrogen (secondary N) is 1. The molecule has 1 heterocycles. The van der Waals surface area contributed by atoms with Gasteiger partial charge in [0, 0.05) is 11.1 Å². The van der Waals surface area contributed by atoms with E-state index in [1.165, 1.54) is 12.4 Å². The highest BCUT2D eigenvalue weighted by Crippen LogP contribution is 2.22. The third-order valence-electron chi connectivity index (χ3n) is 3.59. The fourth-order valence-corrected chi connectivity index (χ4v) is 3.76. The molecule has 1 atom stereocenters. The number of nitrogens with zero attached hydrogens (tertiary/aromatic N) is 3. The predicted octanol–water partition coefficient (Wildman–Crippen LogP) is 3.10. The molecule has 0 radical (unpaired) electrons. The Balaban J connectivity index is 1.80. The van der Waals surface area contributed by atoms with Gasteiger partial charge in [-0.2, -0.15) is 5.10 Å². The van der Waals surface area contributed by atoms with Crippen LogP contribution < -0.4 is 4.72 Å². The quantitative estimate of drug-likeness (QED) is 0.737. The first kappa shape index (κ1) is 17.5. The van der Waals surface area contributed by atoms with Crippen molar-refractivity contribution >= 4 is 21.6 Å². The van der Waals surface area contributed by atoms with Gasteiger partial charge in [-0.15, -0.1) is 0 Å². The number of hydrogen-bond acceptors (Lipinski definition) is 4. The second-order valence-electron chi connectivity index (χ2n) is 5.35. The minimum atomic E-state index is -4.02. The summed E-state index contributed by atoms with van der Waals surface area (Å²) in [5, 5.41) is 4.15. The Kier molecular flexibility index (Phi) is 4.85. The van der Waals surface area contributed by atoms with E-state index in [9.17, 15) is 12.8 Å². The van der Waals surface area contributed by atoms with Gasteiger partial charge in [-0.25, -0.2) is 27.2 Å². The first-order valence-electron chi connectivity index (χ1n) is 7.29. The highest BCUT2D eigenvalue weighted by molar-refractivity contribution is 7.89. The number of benzene rings is 2. The molecule has 0 bridgehead atoms. The van der Waals surface area contributed by atoms with E-state index in [1.807, 2.05) is 0 Å². The molecule has 0 amide bonds. The van der Waals surface area contributed by atoms with Crippen molar-refractivity contribution in [2.45, 2.75) is 17.9 Å². The number of aromatic nitrogens is 3. The Morgan fingerprint density at radius 1 is 1.20 bits per heavy atom. The van der Waals surface area contributed by atoms with E-state index in [-0.39, 0.29) is 5.02 Å². The molecular formula is C16H14ClFN4O2S. The average Bonchev–Trinajstić information content (AvgIpc) is 3.08. The molecule has 1 N–H and O–H groups in total. The largest absolute Gasteiger partial charge is 0.244 e. The molecule has 0 unspecified atom stereocenters. The van der Waals surface area contributed by atoms with Gasteiger partial charge in [-0.05, 0) is 42.8 Å². The summed E-state index contributed by atoms with van der Waals surface area (Å²) in [5.74, 6) is -0.895. The van der Waals surface area contributed by atoms with Gasteiger partial charge in [0.2, 0.25) is 10.0 Å². The van der Waals surface area contributed by atoms with Crippen molar-refractivity contribution in [1.82, 2.24) is 19.5 Å². The van der Waals surface area contributed by atoms with Gasteiger partial charge in [0.05, 0.1) is 5.69 Å². The summed E-state index contributed by atoms with van der Waals surface area (Å²) in [4.78, 5) is 3.43. The van der Waals surface area contributed by atoms with Crippen LogP contribution in [0.2, 0.25) is 5.02 Å². The van der Waals surface area contributed by atoms with Crippen LogP contribution >= 0.6 is 11.6 Å². The minimum absolute atomic E-state index is 0.133. The molecule has 25 heavy (non-hydrogen) atoms. The maximum absolute atomic E-state index is 13.9. The normalized spacial score (nSPS) is 12.9. The summed E-state index contributed by atoms with van der Waals surface area (Å²) in [7, 11) is -4.02. The maximum Gasteiger partial charge on any atom is 0.244 e. The topological polar surface area (TPSA) is 76.9 Å². The van der Waals surface area contributed by atoms with Crippen LogP contribution in [0.25, 0.3) is 5.69 Å². The molecule has 130 valence electrons. The lowest BCUT2D eigenvalue weighted by molar-refractivity contribution is 0.547. The first-order valence-corrected chi connectivity index (χ1v) is 9.15. The molecule has 1 aromatic heterocycles. The second kappa shape index (κ2) is 6.91. The fraction of sp³-hybridized carbons (Fsp3) is 0.125. The van der Waals surface area contributed by atoms with Crippen LogP contribution in [0.5, 0.6) is 0 Å². The molecule has 6 nitrogen and oxygen atoms in total. The molecule has 0 aliphatic heterocycles. The maximum atomic E-state index is 13.9. The van der Waals surface area contributed by atoms with E-state index in [0.29, 0.717) is 0 Å². The van der Waals surface area contributed by atoms with Crippen LogP contribution in [0.3, 0.4) is 0 Å². The number of halogens is 2. The fourth-order valence-electron chi connectivity index (χ4n) is 2.31. The van der Waals surface area contributed by atoms with Crippen molar-refractivity contribution in [3.05, 3.63) is 71.5 Å². The summed E-state index contributed by atoms with van der Waals surface area (Å²) < 4.78 is 42.7. The number of rotatable bonds is 5. The van der Waals surface area contributed by atoms with E-state index in [0.717, 1.165) is 23.4 Å². The summed E-state index contributed by atoms with van der Waals surface area (Å²) >= 11 is 5.66. The molecule has 0 fully saturated rings. The molecule has 3 rings (SSSR count). The third-order valence-corrected chi connectivity index (χ3v) is 5.40. The van der Waals surface area contributed by atoms with Crippen LogP contribution in [-0.4, -0.2) is 23.2 Å². The van der Waals surface area contributed by atoms with E-state index >= 15 is 0 Å². The highest BCUT2D eigenvalue weighted by atomic mass is 35.5. The van der Waals surface area contributed by atoms with Crippen molar-refractivity contribution in [1.29, 1.82) is 0 Å². The van der Waals surface area contributed by atoms with Crippen molar-refractivity contribution in [3.63, 3.8) is 0 Å². The molecule has 2 aromatic carbocycles. The Morgan fingerprint density at radius 2 is 1.92 bits per heavy atom. The van der Waals surface area contributed by atoms with Crippen LogP contribution in [0.1, 0.15) is 18.5 Å². The van der Waals surface area contributed by atoms with Gasteiger partial charge >= 0.3 is 0 Å².